The van der Waals surface area contributed by atoms with Crippen LogP contribution in [0.3, 0.4) is 0 Å². The van der Waals surface area contributed by atoms with E-state index in [1.54, 1.807) is 6.08 Å². The van der Waals surface area contributed by atoms with Crippen molar-refractivity contribution in [3.8, 4) is 0 Å². The zero-order valence-corrected chi connectivity index (χ0v) is 8.38. The minimum atomic E-state index is 0.980. The number of aryl methyl sites for hydroxylation is 1. The van der Waals surface area contributed by atoms with Gasteiger partial charge in [0.25, 0.3) is 0 Å². The fourth-order valence-corrected chi connectivity index (χ4v) is 0.963. The lowest BCUT2D eigenvalue weighted by Crippen LogP contribution is -1.79. The highest BCUT2D eigenvalue weighted by molar-refractivity contribution is 5.71. The smallest absolute Gasteiger partial charge is 0.0188 e. The number of hydrogen-bond donors (Lipinski definition) is 1. The highest BCUT2D eigenvalue weighted by Crippen LogP contribution is 2.13. The first-order chi connectivity index (χ1) is 6.24. The maximum Gasteiger partial charge on any atom is -0.0188 e. The molecule has 0 unspecified atom stereocenters. The first kappa shape index (κ1) is 11.7. The van der Waals surface area contributed by atoms with Gasteiger partial charge in [-0.3, -0.25) is 0 Å². The van der Waals surface area contributed by atoms with Crippen molar-refractivity contribution in [3.05, 3.63) is 54.6 Å². The Bertz CT molecular complexity index is 287. The molecule has 0 saturated carbocycles. The van der Waals surface area contributed by atoms with Gasteiger partial charge in [0.05, 0.1) is 0 Å². The van der Waals surface area contributed by atoms with Crippen molar-refractivity contribution in [2.24, 2.45) is 5.73 Å². The Kier molecular flexibility index (Phi) is 5.57. The third-order valence-corrected chi connectivity index (χ3v) is 1.64. The second-order valence-corrected chi connectivity index (χ2v) is 2.60. The lowest BCUT2D eigenvalue weighted by Gasteiger charge is -1.99. The van der Waals surface area contributed by atoms with Gasteiger partial charge in [-0.1, -0.05) is 49.1 Å². The first-order valence-electron chi connectivity index (χ1n) is 4.20. The van der Waals surface area contributed by atoms with Gasteiger partial charge in [-0.15, -0.1) is 0 Å². The summed E-state index contributed by atoms with van der Waals surface area (Å²) in [4.78, 5) is 0. The van der Waals surface area contributed by atoms with Gasteiger partial charge < -0.3 is 5.73 Å². The summed E-state index contributed by atoms with van der Waals surface area (Å²) in [6.07, 6.45) is 1.77. The van der Waals surface area contributed by atoms with Crippen molar-refractivity contribution in [2.75, 3.05) is 7.05 Å². The van der Waals surface area contributed by atoms with Gasteiger partial charge in [-0.25, -0.2) is 0 Å². The summed E-state index contributed by atoms with van der Waals surface area (Å²) >= 11 is 0. The van der Waals surface area contributed by atoms with Crippen LogP contribution in [0.25, 0.3) is 5.57 Å². The third-order valence-electron chi connectivity index (χ3n) is 1.64. The normalized spacial score (nSPS) is 8.23. The Balaban J connectivity index is 0.000000671. The van der Waals surface area contributed by atoms with E-state index in [0.717, 1.165) is 11.1 Å². The summed E-state index contributed by atoms with van der Waals surface area (Å²) in [5.41, 5.74) is 7.89. The SMILES string of the molecule is C=CC(=C)c1cccc(C)c1.CN. The molecule has 0 amide bonds. The molecule has 70 valence electrons. The fraction of sp³-hybridized carbons (Fsp3) is 0.167. The number of rotatable bonds is 2. The van der Waals surface area contributed by atoms with E-state index in [-0.39, 0.29) is 0 Å². The van der Waals surface area contributed by atoms with Crippen molar-refractivity contribution in [2.45, 2.75) is 6.92 Å². The Hall–Kier alpha value is -1.34. The second-order valence-electron chi connectivity index (χ2n) is 2.60. The predicted octanol–water partition coefficient (Wildman–Crippen LogP) is 2.77. The lowest BCUT2D eigenvalue weighted by molar-refractivity contribution is 1.45. The molecule has 1 aromatic carbocycles. The summed E-state index contributed by atoms with van der Waals surface area (Å²) in [6, 6.07) is 8.24. The van der Waals surface area contributed by atoms with E-state index in [4.69, 9.17) is 0 Å². The van der Waals surface area contributed by atoms with Crippen LogP contribution in [0.1, 0.15) is 11.1 Å². The van der Waals surface area contributed by atoms with E-state index in [9.17, 15) is 0 Å². The highest BCUT2D eigenvalue weighted by Gasteiger charge is 1.92. The average molecular weight is 175 g/mol. The molecule has 0 spiro atoms. The molecule has 0 heterocycles. The number of nitrogens with two attached hydrogens (primary N) is 1. The van der Waals surface area contributed by atoms with Gasteiger partial charge in [-0.2, -0.15) is 0 Å². The van der Waals surface area contributed by atoms with Crippen molar-refractivity contribution in [1.29, 1.82) is 0 Å². The topological polar surface area (TPSA) is 26.0 Å². The molecule has 0 saturated heterocycles. The number of benzene rings is 1. The molecule has 1 heteroatoms. The summed E-state index contributed by atoms with van der Waals surface area (Å²) in [6.45, 7) is 9.60. The maximum absolute atomic E-state index is 4.50. The van der Waals surface area contributed by atoms with Crippen molar-refractivity contribution >= 4 is 5.57 Å². The number of allylic oxidation sites excluding steroid dienone is 2. The van der Waals surface area contributed by atoms with Crippen LogP contribution in [0, 0.1) is 6.92 Å². The van der Waals surface area contributed by atoms with Crippen LogP contribution < -0.4 is 5.73 Å². The van der Waals surface area contributed by atoms with Crippen LogP contribution in [-0.2, 0) is 0 Å². The van der Waals surface area contributed by atoms with E-state index >= 15 is 0 Å². The molecular formula is C12H17N. The summed E-state index contributed by atoms with van der Waals surface area (Å²) in [5, 5.41) is 0. The average Bonchev–Trinajstić information content (AvgIpc) is 2.20. The Morgan fingerprint density at radius 1 is 1.38 bits per heavy atom. The van der Waals surface area contributed by atoms with Gasteiger partial charge >= 0.3 is 0 Å². The number of hydrogen-bond acceptors (Lipinski definition) is 1. The van der Waals surface area contributed by atoms with Crippen LogP contribution in [0.15, 0.2) is 43.5 Å². The highest BCUT2D eigenvalue weighted by atomic mass is 14.4. The molecule has 2 N–H and O–H groups in total. The van der Waals surface area contributed by atoms with E-state index in [2.05, 4.69) is 37.9 Å². The standard InChI is InChI=1S/C11H12.CH5N/c1-4-10(3)11-7-5-6-9(2)8-11;1-2/h4-8H,1,3H2,2H3;2H2,1H3. The monoisotopic (exact) mass is 175 g/mol. The van der Waals surface area contributed by atoms with Crippen LogP contribution in [0.5, 0.6) is 0 Å². The van der Waals surface area contributed by atoms with Gasteiger partial charge in [0, 0.05) is 0 Å². The molecule has 0 radical (unpaired) electrons. The fourth-order valence-electron chi connectivity index (χ4n) is 0.963. The minimum Gasteiger partial charge on any atom is -0.333 e. The van der Waals surface area contributed by atoms with Gasteiger partial charge in [0.15, 0.2) is 0 Å². The minimum absolute atomic E-state index is 0.980. The van der Waals surface area contributed by atoms with Crippen LogP contribution in [0.2, 0.25) is 0 Å². The van der Waals surface area contributed by atoms with Crippen molar-refractivity contribution in [1.82, 2.24) is 0 Å². The van der Waals surface area contributed by atoms with Crippen LogP contribution in [-0.4, -0.2) is 7.05 Å². The Morgan fingerprint density at radius 3 is 2.46 bits per heavy atom. The van der Waals surface area contributed by atoms with Gasteiger partial charge in [0.2, 0.25) is 0 Å². The Labute approximate surface area is 80.6 Å². The van der Waals surface area contributed by atoms with E-state index in [0.29, 0.717) is 0 Å². The quantitative estimate of drug-likeness (QED) is 0.687. The van der Waals surface area contributed by atoms with Gasteiger partial charge in [0.1, 0.15) is 0 Å². The summed E-state index contributed by atoms with van der Waals surface area (Å²) in [7, 11) is 1.50. The molecule has 0 atom stereocenters. The molecule has 0 aliphatic heterocycles. The van der Waals surface area contributed by atoms with Crippen LogP contribution >= 0.6 is 0 Å². The molecule has 0 aliphatic rings. The second kappa shape index (κ2) is 6.21. The first-order valence-corrected chi connectivity index (χ1v) is 4.20. The van der Waals surface area contributed by atoms with Crippen LogP contribution in [0.4, 0.5) is 0 Å². The molecule has 1 aromatic rings. The molecular weight excluding hydrogens is 158 g/mol. The van der Waals surface area contributed by atoms with Gasteiger partial charge in [-0.05, 0) is 25.1 Å². The largest absolute Gasteiger partial charge is 0.333 e. The molecule has 1 nitrogen and oxygen atoms in total. The molecule has 0 fully saturated rings. The van der Waals surface area contributed by atoms with E-state index in [1.807, 2.05) is 12.1 Å². The zero-order chi connectivity index (χ0) is 10.3. The molecule has 13 heavy (non-hydrogen) atoms. The molecule has 0 bridgehead atoms. The lowest BCUT2D eigenvalue weighted by atomic mass is 10.1. The Morgan fingerprint density at radius 2 is 2.00 bits per heavy atom. The van der Waals surface area contributed by atoms with E-state index < -0.39 is 0 Å². The molecule has 0 aliphatic carbocycles. The van der Waals surface area contributed by atoms with E-state index in [1.165, 1.54) is 12.6 Å². The molecule has 0 aromatic heterocycles. The summed E-state index contributed by atoms with van der Waals surface area (Å²) in [5.74, 6) is 0. The van der Waals surface area contributed by atoms with Crippen molar-refractivity contribution in [3.63, 3.8) is 0 Å². The summed E-state index contributed by atoms with van der Waals surface area (Å²) < 4.78 is 0. The zero-order valence-electron chi connectivity index (χ0n) is 8.38. The molecule has 1 rings (SSSR count). The van der Waals surface area contributed by atoms with Crippen molar-refractivity contribution < 1.29 is 0 Å². The third kappa shape index (κ3) is 3.72. The predicted molar refractivity (Wildman–Crippen MR) is 60.5 cm³/mol. The maximum atomic E-state index is 4.50.